The molecular formula is C25H34N4O6. The fraction of sp³-hybridized carbons (Fsp3) is 0.520. The van der Waals surface area contributed by atoms with Gasteiger partial charge in [0.05, 0.1) is 6.42 Å². The van der Waals surface area contributed by atoms with E-state index in [4.69, 9.17) is 16.9 Å². The largest absolute Gasteiger partial charge is 0.508 e. The highest BCUT2D eigenvalue weighted by atomic mass is 16.6. The average Bonchev–Trinajstić information content (AvgIpc) is 2.75. The number of rotatable bonds is 8. The minimum Gasteiger partial charge on any atom is -0.508 e. The van der Waals surface area contributed by atoms with Crippen LogP contribution in [0.2, 0.25) is 0 Å². The zero-order valence-corrected chi connectivity index (χ0v) is 20.4. The van der Waals surface area contributed by atoms with Crippen LogP contribution in [0.4, 0.5) is 4.79 Å². The molecule has 2 unspecified atom stereocenters. The third kappa shape index (κ3) is 8.52. The Kier molecular flexibility index (Phi) is 9.51. The van der Waals surface area contributed by atoms with Crippen LogP contribution in [0.15, 0.2) is 24.3 Å². The molecule has 0 heterocycles. The summed E-state index contributed by atoms with van der Waals surface area (Å²) in [7, 11) is 0. The van der Waals surface area contributed by atoms with E-state index in [1.165, 1.54) is 18.2 Å². The van der Waals surface area contributed by atoms with Crippen molar-refractivity contribution in [3.05, 3.63) is 29.8 Å². The van der Waals surface area contributed by atoms with Crippen LogP contribution in [0.3, 0.4) is 0 Å². The Morgan fingerprint density at radius 3 is 2.43 bits per heavy atom. The number of amides is 4. The number of primary amides is 1. The molecule has 1 aliphatic rings. The molecule has 0 saturated heterocycles. The van der Waals surface area contributed by atoms with Crippen LogP contribution in [0.1, 0.15) is 70.9 Å². The van der Waals surface area contributed by atoms with E-state index in [9.17, 15) is 24.3 Å². The molecule has 5 N–H and O–H groups in total. The Labute approximate surface area is 205 Å². The number of carbonyl (C=O) groups excluding carboxylic acids is 4. The Morgan fingerprint density at radius 1 is 1.23 bits per heavy atom. The number of phenols is 1. The minimum absolute atomic E-state index is 0.0768. The molecule has 0 radical (unpaired) electrons. The maximum atomic E-state index is 13.5. The van der Waals surface area contributed by atoms with Gasteiger partial charge >= 0.3 is 6.09 Å². The Bertz CT molecular complexity index is 975. The summed E-state index contributed by atoms with van der Waals surface area (Å²) < 4.78 is 5.19. The van der Waals surface area contributed by atoms with E-state index < -0.39 is 47.9 Å². The number of aromatic hydroxyl groups is 1. The van der Waals surface area contributed by atoms with Crippen LogP contribution in [-0.2, 0) is 19.1 Å². The van der Waals surface area contributed by atoms with Gasteiger partial charge in [0.1, 0.15) is 23.4 Å². The maximum absolute atomic E-state index is 13.5. The van der Waals surface area contributed by atoms with Gasteiger partial charge < -0.3 is 26.2 Å². The van der Waals surface area contributed by atoms with Crippen molar-refractivity contribution in [1.29, 1.82) is 0 Å². The van der Waals surface area contributed by atoms with Crippen molar-refractivity contribution >= 4 is 23.8 Å². The van der Waals surface area contributed by atoms with Gasteiger partial charge in [-0.25, -0.2) is 4.79 Å². The van der Waals surface area contributed by atoms with Gasteiger partial charge in [-0.05, 0) is 51.3 Å². The minimum atomic E-state index is -1.47. The highest BCUT2D eigenvalue weighted by Gasteiger charge is 2.37. The van der Waals surface area contributed by atoms with Gasteiger partial charge in [-0.1, -0.05) is 37.8 Å². The van der Waals surface area contributed by atoms with E-state index in [1.54, 1.807) is 26.8 Å². The molecule has 10 nitrogen and oxygen atoms in total. The van der Waals surface area contributed by atoms with E-state index in [-0.39, 0.29) is 17.4 Å². The topological polar surface area (TPSA) is 151 Å². The lowest BCUT2D eigenvalue weighted by molar-refractivity contribution is -0.139. The second-order valence-electron chi connectivity index (χ2n) is 9.55. The summed E-state index contributed by atoms with van der Waals surface area (Å²) in [6.07, 6.45) is 8.79. The lowest BCUT2D eigenvalue weighted by atomic mass is 9.94. The monoisotopic (exact) mass is 486 g/mol. The van der Waals surface area contributed by atoms with Crippen LogP contribution in [0.25, 0.3) is 0 Å². The molecule has 35 heavy (non-hydrogen) atoms. The molecule has 1 fully saturated rings. The lowest BCUT2D eigenvalue weighted by Crippen LogP contribution is -2.53. The molecule has 1 aliphatic carbocycles. The smallest absolute Gasteiger partial charge is 0.408 e. The first-order chi connectivity index (χ1) is 16.4. The second-order valence-corrected chi connectivity index (χ2v) is 9.55. The van der Waals surface area contributed by atoms with Gasteiger partial charge in [-0.2, -0.15) is 0 Å². The molecule has 0 aliphatic heterocycles. The van der Waals surface area contributed by atoms with E-state index in [2.05, 4.69) is 16.7 Å². The number of benzene rings is 1. The molecule has 0 aromatic heterocycles. The van der Waals surface area contributed by atoms with Gasteiger partial charge in [0.25, 0.3) is 5.91 Å². The predicted octanol–water partition coefficient (Wildman–Crippen LogP) is 2.07. The SMILES string of the molecule is C#CN(C(=O)C(CC(N)=O)NC(=O)OC(C)(C)C)C(C(=O)NC1CCCCC1)c1cccc(O)c1. The number of ether oxygens (including phenoxy) is 1. The van der Waals surface area contributed by atoms with Crippen molar-refractivity contribution in [2.24, 2.45) is 5.73 Å². The summed E-state index contributed by atoms with van der Waals surface area (Å²) in [4.78, 5) is 51.7. The zero-order chi connectivity index (χ0) is 26.2. The van der Waals surface area contributed by atoms with E-state index in [0.29, 0.717) is 0 Å². The lowest BCUT2D eigenvalue weighted by Gasteiger charge is -2.32. The van der Waals surface area contributed by atoms with Crippen molar-refractivity contribution in [3.63, 3.8) is 0 Å². The van der Waals surface area contributed by atoms with Crippen molar-refractivity contribution in [2.45, 2.75) is 83.0 Å². The molecule has 2 atom stereocenters. The van der Waals surface area contributed by atoms with Crippen LogP contribution in [0, 0.1) is 12.5 Å². The first-order valence-electron chi connectivity index (χ1n) is 11.6. The Morgan fingerprint density at radius 2 is 1.89 bits per heavy atom. The van der Waals surface area contributed by atoms with Gasteiger partial charge in [-0.15, -0.1) is 0 Å². The highest BCUT2D eigenvalue weighted by Crippen LogP contribution is 2.26. The molecule has 1 saturated carbocycles. The first-order valence-corrected chi connectivity index (χ1v) is 11.6. The first kappa shape index (κ1) is 27.5. The Hall–Kier alpha value is -3.74. The van der Waals surface area contributed by atoms with Gasteiger partial charge in [0.2, 0.25) is 11.8 Å². The number of phenolic OH excluding ortho intramolecular Hbond substituents is 1. The molecule has 2 rings (SSSR count). The van der Waals surface area contributed by atoms with E-state index in [1.807, 2.05) is 0 Å². The quantitative estimate of drug-likeness (QED) is 0.326. The molecule has 0 spiro atoms. The van der Waals surface area contributed by atoms with Gasteiger partial charge in [0, 0.05) is 12.1 Å². The average molecular weight is 487 g/mol. The third-order valence-corrected chi connectivity index (χ3v) is 5.41. The number of hydrogen-bond donors (Lipinski definition) is 4. The van der Waals surface area contributed by atoms with Crippen LogP contribution < -0.4 is 16.4 Å². The number of nitrogens with two attached hydrogens (primary N) is 1. The molecule has 1 aromatic carbocycles. The number of terminal acetylenes is 1. The van der Waals surface area contributed by atoms with Crippen molar-refractivity contribution in [2.75, 3.05) is 0 Å². The number of nitrogens with zero attached hydrogens (tertiary/aromatic N) is 1. The highest BCUT2D eigenvalue weighted by molar-refractivity contribution is 5.95. The summed E-state index contributed by atoms with van der Waals surface area (Å²) >= 11 is 0. The van der Waals surface area contributed by atoms with Gasteiger partial charge in [0.15, 0.2) is 0 Å². The predicted molar refractivity (Wildman–Crippen MR) is 129 cm³/mol. The zero-order valence-electron chi connectivity index (χ0n) is 20.4. The van der Waals surface area contributed by atoms with E-state index >= 15 is 0 Å². The summed E-state index contributed by atoms with van der Waals surface area (Å²) in [6, 6.07) is 5.15. The fourth-order valence-corrected chi connectivity index (χ4v) is 3.92. The molecule has 190 valence electrons. The van der Waals surface area contributed by atoms with Crippen molar-refractivity contribution in [3.8, 4) is 18.2 Å². The number of alkyl carbamates (subject to hydrolysis) is 1. The molecule has 4 amide bonds. The summed E-state index contributed by atoms with van der Waals surface area (Å²) in [6.45, 7) is 4.91. The fourth-order valence-electron chi connectivity index (χ4n) is 3.92. The molecule has 10 heteroatoms. The van der Waals surface area contributed by atoms with Crippen molar-refractivity contribution < 1.29 is 29.0 Å². The maximum Gasteiger partial charge on any atom is 0.408 e. The number of nitrogens with one attached hydrogen (secondary N) is 2. The summed E-state index contributed by atoms with van der Waals surface area (Å²) in [5.41, 5.74) is 4.70. The third-order valence-electron chi connectivity index (χ3n) is 5.41. The van der Waals surface area contributed by atoms with E-state index in [0.717, 1.165) is 37.0 Å². The molecule has 1 aromatic rings. The molecular weight excluding hydrogens is 452 g/mol. The van der Waals surface area contributed by atoms with Crippen LogP contribution >= 0.6 is 0 Å². The second kappa shape index (κ2) is 12.1. The van der Waals surface area contributed by atoms with Crippen LogP contribution in [0.5, 0.6) is 5.75 Å². The Balaban J connectivity index is 2.38. The van der Waals surface area contributed by atoms with Crippen LogP contribution in [-0.4, -0.2) is 51.5 Å². The van der Waals surface area contributed by atoms with Crippen molar-refractivity contribution in [1.82, 2.24) is 15.5 Å². The number of hydrogen-bond acceptors (Lipinski definition) is 6. The normalized spacial score (nSPS) is 15.7. The van der Waals surface area contributed by atoms with Gasteiger partial charge in [-0.3, -0.25) is 19.3 Å². The summed E-state index contributed by atoms with van der Waals surface area (Å²) in [5.74, 6) is -2.42. The standard InChI is InChI=1S/C25H34N4O6/c1-5-29(23(33)19(15-20(26)31)28-24(34)35-25(2,3)4)21(16-10-9-13-18(30)14-16)22(32)27-17-11-7-6-8-12-17/h1,9-10,13-14,17,19,21,30H,6-8,11-12,15H2,2-4H3,(H2,26,31)(H,27,32)(H,28,34). The molecule has 0 bridgehead atoms. The number of carbonyl (C=O) groups is 4. The summed E-state index contributed by atoms with van der Waals surface area (Å²) in [5, 5.41) is 15.3.